The van der Waals surface area contributed by atoms with Gasteiger partial charge in [0.2, 0.25) is 0 Å². The van der Waals surface area contributed by atoms with Crippen molar-refractivity contribution < 1.29 is 0 Å². The van der Waals surface area contributed by atoms with Gasteiger partial charge in [-0.25, -0.2) is 15.0 Å². The van der Waals surface area contributed by atoms with Gasteiger partial charge in [0.25, 0.3) is 0 Å². The van der Waals surface area contributed by atoms with Gasteiger partial charge in [0.1, 0.15) is 0 Å². The molecular formula is C44H31N3. The van der Waals surface area contributed by atoms with Gasteiger partial charge in [-0.15, -0.1) is 0 Å². The molecule has 0 spiro atoms. The largest absolute Gasteiger partial charge is 0.247 e. The summed E-state index contributed by atoms with van der Waals surface area (Å²) >= 11 is 0. The predicted molar refractivity (Wildman–Crippen MR) is 194 cm³/mol. The van der Waals surface area contributed by atoms with Crippen LogP contribution in [-0.2, 0) is 5.41 Å². The molecule has 0 aliphatic heterocycles. The summed E-state index contributed by atoms with van der Waals surface area (Å²) in [6, 6.07) is 53.3. The molecule has 1 aliphatic carbocycles. The maximum Gasteiger partial charge on any atom is 0.160 e. The third-order valence-corrected chi connectivity index (χ3v) is 9.69. The Morgan fingerprint density at radius 3 is 1.79 bits per heavy atom. The molecule has 0 N–H and O–H groups in total. The number of para-hydroxylation sites is 1. The fourth-order valence-corrected chi connectivity index (χ4v) is 7.32. The fraction of sp³-hybridized carbons (Fsp3) is 0.0682. The Kier molecular flexibility index (Phi) is 6.16. The Morgan fingerprint density at radius 1 is 0.447 bits per heavy atom. The molecule has 0 unspecified atom stereocenters. The highest BCUT2D eigenvalue weighted by Gasteiger charge is 2.36. The number of aromatic nitrogens is 3. The van der Waals surface area contributed by atoms with Gasteiger partial charge in [-0.2, -0.15) is 0 Å². The van der Waals surface area contributed by atoms with Crippen LogP contribution in [-0.4, -0.2) is 15.0 Å². The smallest absolute Gasteiger partial charge is 0.160 e. The van der Waals surface area contributed by atoms with E-state index in [9.17, 15) is 0 Å². The van der Waals surface area contributed by atoms with Crippen molar-refractivity contribution in [3.05, 3.63) is 163 Å². The van der Waals surface area contributed by atoms with Crippen LogP contribution in [0.4, 0.5) is 0 Å². The molecule has 3 heteroatoms. The van der Waals surface area contributed by atoms with Crippen LogP contribution in [0.15, 0.2) is 152 Å². The minimum atomic E-state index is -0.0684. The molecule has 0 bridgehead atoms. The van der Waals surface area contributed by atoms with Crippen molar-refractivity contribution in [2.45, 2.75) is 19.3 Å². The highest BCUT2D eigenvalue weighted by molar-refractivity contribution is 6.19. The van der Waals surface area contributed by atoms with E-state index in [1.807, 2.05) is 36.4 Å². The van der Waals surface area contributed by atoms with E-state index in [-0.39, 0.29) is 5.41 Å². The topological polar surface area (TPSA) is 38.7 Å². The minimum absolute atomic E-state index is 0.0684. The normalized spacial score (nSPS) is 13.1. The first kappa shape index (κ1) is 27.4. The predicted octanol–water partition coefficient (Wildman–Crippen LogP) is 11.2. The number of pyridine rings is 1. The summed E-state index contributed by atoms with van der Waals surface area (Å²) in [5, 5.41) is 3.64. The molecule has 0 amide bonds. The number of nitrogens with zero attached hydrogens (tertiary/aromatic N) is 3. The van der Waals surface area contributed by atoms with Crippen LogP contribution < -0.4 is 0 Å². The number of benzene rings is 6. The second kappa shape index (κ2) is 10.6. The average Bonchev–Trinajstić information content (AvgIpc) is 3.38. The van der Waals surface area contributed by atoms with Crippen LogP contribution >= 0.6 is 0 Å². The molecule has 0 saturated carbocycles. The molecule has 0 fully saturated rings. The van der Waals surface area contributed by atoms with Crippen molar-refractivity contribution >= 4 is 21.7 Å². The van der Waals surface area contributed by atoms with Crippen molar-refractivity contribution in [1.82, 2.24) is 15.0 Å². The lowest BCUT2D eigenvalue weighted by atomic mass is 9.82. The van der Waals surface area contributed by atoms with Gasteiger partial charge in [0, 0.05) is 43.8 Å². The van der Waals surface area contributed by atoms with Gasteiger partial charge >= 0.3 is 0 Å². The Bertz CT molecular complexity index is 2410. The highest BCUT2D eigenvalue weighted by atomic mass is 14.9. The maximum atomic E-state index is 5.28. The van der Waals surface area contributed by atoms with E-state index >= 15 is 0 Å². The van der Waals surface area contributed by atoms with Crippen molar-refractivity contribution in [2.75, 3.05) is 0 Å². The zero-order valence-corrected chi connectivity index (χ0v) is 26.3. The SMILES string of the molecule is CC1(C)c2ccccc2-c2c1ccc1c(-c3ccc(-c4cc(-c5ccccc5)nc(-c5ccccc5)n4)cc3)nc3ccccc3c21. The molecule has 2 aromatic heterocycles. The third kappa shape index (κ3) is 4.39. The first-order chi connectivity index (χ1) is 23.1. The number of rotatable bonds is 4. The zero-order chi connectivity index (χ0) is 31.5. The van der Waals surface area contributed by atoms with Gasteiger partial charge in [-0.1, -0.05) is 153 Å². The van der Waals surface area contributed by atoms with Crippen LogP contribution in [0.2, 0.25) is 0 Å². The lowest BCUT2D eigenvalue weighted by Crippen LogP contribution is -2.14. The molecule has 2 heterocycles. The van der Waals surface area contributed by atoms with Gasteiger partial charge in [-0.3, -0.25) is 0 Å². The first-order valence-corrected chi connectivity index (χ1v) is 16.1. The second-order valence-corrected chi connectivity index (χ2v) is 12.8. The van der Waals surface area contributed by atoms with Crippen molar-refractivity contribution in [2.24, 2.45) is 0 Å². The quantitative estimate of drug-likeness (QED) is 0.188. The second-order valence-electron chi connectivity index (χ2n) is 12.8. The summed E-state index contributed by atoms with van der Waals surface area (Å²) in [4.78, 5) is 15.3. The van der Waals surface area contributed by atoms with Gasteiger partial charge in [0.15, 0.2) is 5.82 Å². The van der Waals surface area contributed by atoms with Crippen molar-refractivity contribution in [3.63, 3.8) is 0 Å². The molecule has 6 aromatic carbocycles. The van der Waals surface area contributed by atoms with E-state index in [0.29, 0.717) is 5.82 Å². The van der Waals surface area contributed by atoms with E-state index in [4.69, 9.17) is 15.0 Å². The molecule has 0 atom stereocenters. The van der Waals surface area contributed by atoms with E-state index in [2.05, 4.69) is 129 Å². The van der Waals surface area contributed by atoms with E-state index < -0.39 is 0 Å². The summed E-state index contributed by atoms with van der Waals surface area (Å²) in [5.74, 6) is 0.713. The zero-order valence-electron chi connectivity index (χ0n) is 26.3. The van der Waals surface area contributed by atoms with E-state index in [1.165, 1.54) is 38.4 Å². The van der Waals surface area contributed by atoms with Crippen LogP contribution in [0, 0.1) is 0 Å². The number of fused-ring (bicyclic) bond motifs is 7. The summed E-state index contributed by atoms with van der Waals surface area (Å²) in [6.45, 7) is 4.68. The van der Waals surface area contributed by atoms with Gasteiger partial charge < -0.3 is 0 Å². The molecule has 0 radical (unpaired) electrons. The summed E-state index contributed by atoms with van der Waals surface area (Å²) in [5.41, 5.74) is 13.3. The summed E-state index contributed by atoms with van der Waals surface area (Å²) in [6.07, 6.45) is 0. The van der Waals surface area contributed by atoms with E-state index in [1.54, 1.807) is 0 Å². The molecule has 3 nitrogen and oxygen atoms in total. The van der Waals surface area contributed by atoms with Crippen molar-refractivity contribution in [3.8, 4) is 56.3 Å². The Labute approximate surface area is 274 Å². The third-order valence-electron chi connectivity index (χ3n) is 9.69. The highest BCUT2D eigenvalue weighted by Crippen LogP contribution is 2.53. The lowest BCUT2D eigenvalue weighted by Gasteiger charge is -2.22. The Balaban J connectivity index is 1.22. The molecule has 47 heavy (non-hydrogen) atoms. The Hall–Kier alpha value is -5.93. The number of hydrogen-bond donors (Lipinski definition) is 0. The van der Waals surface area contributed by atoms with Crippen LogP contribution in [0.1, 0.15) is 25.0 Å². The van der Waals surface area contributed by atoms with Crippen molar-refractivity contribution in [1.29, 1.82) is 0 Å². The molecule has 9 rings (SSSR count). The molecule has 0 saturated heterocycles. The van der Waals surface area contributed by atoms with Gasteiger partial charge in [-0.05, 0) is 34.4 Å². The van der Waals surface area contributed by atoms with E-state index in [0.717, 1.165) is 44.9 Å². The van der Waals surface area contributed by atoms with Crippen LogP contribution in [0.5, 0.6) is 0 Å². The average molecular weight is 602 g/mol. The monoisotopic (exact) mass is 601 g/mol. The summed E-state index contributed by atoms with van der Waals surface area (Å²) < 4.78 is 0. The molecule has 1 aliphatic rings. The van der Waals surface area contributed by atoms with Crippen LogP contribution in [0.3, 0.4) is 0 Å². The number of hydrogen-bond acceptors (Lipinski definition) is 3. The molecular weight excluding hydrogens is 571 g/mol. The summed E-state index contributed by atoms with van der Waals surface area (Å²) in [7, 11) is 0. The maximum absolute atomic E-state index is 5.28. The minimum Gasteiger partial charge on any atom is -0.247 e. The lowest BCUT2D eigenvalue weighted by molar-refractivity contribution is 0.661. The first-order valence-electron chi connectivity index (χ1n) is 16.1. The fourth-order valence-electron chi connectivity index (χ4n) is 7.32. The molecule has 8 aromatic rings. The van der Waals surface area contributed by atoms with Gasteiger partial charge in [0.05, 0.1) is 22.6 Å². The standard InChI is InChI=1S/C44H31N3/c1-44(2)35-19-11-9-17-32(35)41-36(44)26-25-34-40(41)33-18-10-12-20-37(33)45-42(34)30-23-21-29(22-24-30)39-27-38(28-13-5-3-6-14-28)46-43(47-39)31-15-7-4-8-16-31/h3-27H,1-2H3. The van der Waals surface area contributed by atoms with Crippen LogP contribution in [0.25, 0.3) is 78.0 Å². The Morgan fingerprint density at radius 2 is 1.04 bits per heavy atom. The molecule has 222 valence electrons.